The highest BCUT2D eigenvalue weighted by atomic mass is 16.1. The number of hydrogen-bond acceptors (Lipinski definition) is 3. The van der Waals surface area contributed by atoms with Crippen LogP contribution < -0.4 is 5.56 Å². The minimum Gasteiger partial charge on any atom is -0.295 e. The third-order valence-corrected chi connectivity index (χ3v) is 2.48. The standard InChI is InChI=1S/C14H11N3O/c15-8-4-5-9-17-11-16-10-13(14(17)18)12-6-2-1-3-7-12/h1-7,10-11H,9H2/b5-4+. The minimum atomic E-state index is -0.112. The van der Waals surface area contributed by atoms with Crippen LogP contribution in [0.5, 0.6) is 0 Å². The van der Waals surface area contributed by atoms with E-state index in [-0.39, 0.29) is 5.56 Å². The normalized spacial score (nSPS) is 10.4. The molecular formula is C14H11N3O. The summed E-state index contributed by atoms with van der Waals surface area (Å²) in [6, 6.07) is 11.3. The quantitative estimate of drug-likeness (QED) is 0.767. The molecule has 0 unspecified atom stereocenters. The highest BCUT2D eigenvalue weighted by molar-refractivity contribution is 5.60. The Morgan fingerprint density at radius 3 is 2.83 bits per heavy atom. The van der Waals surface area contributed by atoms with Crippen LogP contribution in [0.3, 0.4) is 0 Å². The van der Waals surface area contributed by atoms with Gasteiger partial charge in [0.25, 0.3) is 5.56 Å². The van der Waals surface area contributed by atoms with Crippen molar-refractivity contribution >= 4 is 0 Å². The van der Waals surface area contributed by atoms with E-state index in [1.807, 2.05) is 36.4 Å². The van der Waals surface area contributed by atoms with Gasteiger partial charge in [-0.1, -0.05) is 36.4 Å². The van der Waals surface area contributed by atoms with Crippen LogP contribution >= 0.6 is 0 Å². The number of nitriles is 1. The predicted molar refractivity (Wildman–Crippen MR) is 68.7 cm³/mol. The van der Waals surface area contributed by atoms with E-state index in [1.165, 1.54) is 17.0 Å². The molecule has 0 saturated heterocycles. The van der Waals surface area contributed by atoms with Crippen LogP contribution in [0.2, 0.25) is 0 Å². The van der Waals surface area contributed by atoms with E-state index in [4.69, 9.17) is 5.26 Å². The molecule has 0 fully saturated rings. The first-order valence-electron chi connectivity index (χ1n) is 5.47. The molecule has 4 heteroatoms. The van der Waals surface area contributed by atoms with Gasteiger partial charge < -0.3 is 0 Å². The first-order chi connectivity index (χ1) is 8.83. The van der Waals surface area contributed by atoms with Crippen molar-refractivity contribution in [2.45, 2.75) is 6.54 Å². The van der Waals surface area contributed by atoms with Crippen LogP contribution in [0.4, 0.5) is 0 Å². The van der Waals surface area contributed by atoms with Gasteiger partial charge in [-0.3, -0.25) is 9.36 Å². The summed E-state index contributed by atoms with van der Waals surface area (Å²) in [4.78, 5) is 16.2. The van der Waals surface area contributed by atoms with Crippen LogP contribution in [0.1, 0.15) is 0 Å². The maximum absolute atomic E-state index is 12.2. The Kier molecular flexibility index (Phi) is 3.67. The fourth-order valence-electron chi connectivity index (χ4n) is 1.62. The molecule has 2 aromatic rings. The van der Waals surface area contributed by atoms with E-state index in [9.17, 15) is 4.79 Å². The van der Waals surface area contributed by atoms with E-state index in [0.717, 1.165) is 5.56 Å². The molecule has 0 saturated carbocycles. The molecule has 0 N–H and O–H groups in total. The van der Waals surface area contributed by atoms with Gasteiger partial charge in [0.05, 0.1) is 18.0 Å². The van der Waals surface area contributed by atoms with Crippen LogP contribution in [0.25, 0.3) is 11.1 Å². The summed E-state index contributed by atoms with van der Waals surface area (Å²) in [5, 5.41) is 8.41. The molecule has 1 aromatic heterocycles. The van der Waals surface area contributed by atoms with E-state index in [0.29, 0.717) is 12.1 Å². The number of aromatic nitrogens is 2. The third-order valence-electron chi connectivity index (χ3n) is 2.48. The Balaban J connectivity index is 2.40. The van der Waals surface area contributed by atoms with Gasteiger partial charge in [0.2, 0.25) is 0 Å². The molecule has 0 aliphatic rings. The average Bonchev–Trinajstić information content (AvgIpc) is 2.42. The molecule has 0 aliphatic heterocycles. The van der Waals surface area contributed by atoms with Crippen molar-refractivity contribution in [1.29, 1.82) is 5.26 Å². The molecule has 4 nitrogen and oxygen atoms in total. The third kappa shape index (κ3) is 2.53. The number of benzene rings is 1. The van der Waals surface area contributed by atoms with Gasteiger partial charge in [-0.2, -0.15) is 5.26 Å². The highest BCUT2D eigenvalue weighted by Crippen LogP contribution is 2.12. The van der Waals surface area contributed by atoms with E-state index in [2.05, 4.69) is 4.98 Å². The molecule has 1 heterocycles. The Hall–Kier alpha value is -2.67. The minimum absolute atomic E-state index is 0.112. The fourth-order valence-corrected chi connectivity index (χ4v) is 1.62. The number of hydrogen-bond donors (Lipinski definition) is 0. The summed E-state index contributed by atoms with van der Waals surface area (Å²) in [7, 11) is 0. The maximum Gasteiger partial charge on any atom is 0.261 e. The van der Waals surface area contributed by atoms with E-state index in [1.54, 1.807) is 12.3 Å². The average molecular weight is 237 g/mol. The molecule has 1 aromatic carbocycles. The second kappa shape index (κ2) is 5.60. The zero-order chi connectivity index (χ0) is 12.8. The SMILES string of the molecule is N#C/C=C/Cn1cncc(-c2ccccc2)c1=O. The van der Waals surface area contributed by atoms with Gasteiger partial charge in [0, 0.05) is 18.8 Å². The summed E-state index contributed by atoms with van der Waals surface area (Å²) in [5.41, 5.74) is 1.29. The zero-order valence-electron chi connectivity index (χ0n) is 9.65. The highest BCUT2D eigenvalue weighted by Gasteiger charge is 2.04. The second-order valence-corrected chi connectivity index (χ2v) is 3.66. The Morgan fingerprint density at radius 2 is 2.11 bits per heavy atom. The Morgan fingerprint density at radius 1 is 1.33 bits per heavy atom. The first-order valence-corrected chi connectivity index (χ1v) is 5.47. The van der Waals surface area contributed by atoms with Crippen LogP contribution in [-0.4, -0.2) is 9.55 Å². The number of allylic oxidation sites excluding steroid dienone is 2. The second-order valence-electron chi connectivity index (χ2n) is 3.66. The summed E-state index contributed by atoms with van der Waals surface area (Å²) in [5.74, 6) is 0. The lowest BCUT2D eigenvalue weighted by Crippen LogP contribution is -2.21. The van der Waals surface area contributed by atoms with Crippen LogP contribution in [0.15, 0.2) is 59.8 Å². The van der Waals surface area contributed by atoms with Gasteiger partial charge in [0.15, 0.2) is 0 Å². The van der Waals surface area contributed by atoms with Gasteiger partial charge in [0.1, 0.15) is 0 Å². The van der Waals surface area contributed by atoms with Gasteiger partial charge in [-0.15, -0.1) is 0 Å². The van der Waals surface area contributed by atoms with Gasteiger partial charge >= 0.3 is 0 Å². The summed E-state index contributed by atoms with van der Waals surface area (Å²) < 4.78 is 1.47. The van der Waals surface area contributed by atoms with E-state index < -0.39 is 0 Å². The van der Waals surface area contributed by atoms with E-state index >= 15 is 0 Å². The van der Waals surface area contributed by atoms with Crippen molar-refractivity contribution in [1.82, 2.24) is 9.55 Å². The molecule has 88 valence electrons. The number of rotatable bonds is 3. The van der Waals surface area contributed by atoms with Crippen molar-refractivity contribution in [2.24, 2.45) is 0 Å². The molecule has 18 heavy (non-hydrogen) atoms. The predicted octanol–water partition coefficient (Wildman–Crippen LogP) is 1.99. The first kappa shape index (κ1) is 11.8. The molecule has 0 aliphatic carbocycles. The molecular weight excluding hydrogens is 226 g/mol. The molecule has 0 atom stereocenters. The molecule has 0 radical (unpaired) electrons. The van der Waals surface area contributed by atoms with Crippen LogP contribution in [-0.2, 0) is 6.54 Å². The fraction of sp³-hybridized carbons (Fsp3) is 0.0714. The monoisotopic (exact) mass is 237 g/mol. The summed E-state index contributed by atoms with van der Waals surface area (Å²) in [6.07, 6.45) is 6.00. The lowest BCUT2D eigenvalue weighted by Gasteiger charge is -2.04. The van der Waals surface area contributed by atoms with Crippen molar-refractivity contribution < 1.29 is 0 Å². The molecule has 0 amide bonds. The maximum atomic E-state index is 12.2. The Bertz CT molecular complexity index is 651. The van der Waals surface area contributed by atoms with Crippen molar-refractivity contribution in [3.63, 3.8) is 0 Å². The summed E-state index contributed by atoms with van der Waals surface area (Å²) >= 11 is 0. The van der Waals surface area contributed by atoms with Crippen LogP contribution in [0, 0.1) is 11.3 Å². The van der Waals surface area contributed by atoms with Crippen molar-refractivity contribution in [3.8, 4) is 17.2 Å². The Labute approximate surface area is 104 Å². The molecule has 0 spiro atoms. The lowest BCUT2D eigenvalue weighted by molar-refractivity contribution is 0.756. The molecule has 2 rings (SSSR count). The zero-order valence-corrected chi connectivity index (χ0v) is 9.65. The summed E-state index contributed by atoms with van der Waals surface area (Å²) in [6.45, 7) is 0.347. The van der Waals surface area contributed by atoms with Crippen molar-refractivity contribution in [3.05, 3.63) is 65.4 Å². The largest absolute Gasteiger partial charge is 0.295 e. The van der Waals surface area contributed by atoms with Gasteiger partial charge in [-0.25, -0.2) is 4.98 Å². The lowest BCUT2D eigenvalue weighted by atomic mass is 10.1. The molecule has 0 bridgehead atoms. The van der Waals surface area contributed by atoms with Crippen molar-refractivity contribution in [2.75, 3.05) is 0 Å². The topological polar surface area (TPSA) is 58.7 Å². The van der Waals surface area contributed by atoms with Gasteiger partial charge in [-0.05, 0) is 5.56 Å². The smallest absolute Gasteiger partial charge is 0.261 e. The number of nitrogens with zero attached hydrogens (tertiary/aromatic N) is 3.